The standard InChI is InChI=1S/C10H18.CHNO/c1-2-5-10-6-3-9(8-10)4-7-10;2-1-3/h9H,2-8H2,1H3;2H. The smallest absolute Gasteiger partial charge is 0.222 e. The van der Waals surface area contributed by atoms with Crippen molar-refractivity contribution in [2.24, 2.45) is 11.3 Å². The zero-order valence-electron chi connectivity index (χ0n) is 8.44. The fraction of sp³-hybridized carbons (Fsp3) is 0.909. The number of rotatable bonds is 2. The molecule has 2 rings (SSSR count). The molecule has 2 bridgehead atoms. The third-order valence-electron chi connectivity index (χ3n) is 3.67. The van der Waals surface area contributed by atoms with Gasteiger partial charge in [0, 0.05) is 0 Å². The number of nitrogens with one attached hydrogen (secondary N) is 1. The molecule has 0 saturated heterocycles. The Bertz CT molecular complexity index is 186. The summed E-state index contributed by atoms with van der Waals surface area (Å²) in [5.41, 5.74) is 0.861. The van der Waals surface area contributed by atoms with E-state index in [1.807, 2.05) is 0 Å². The lowest BCUT2D eigenvalue weighted by Crippen LogP contribution is -2.12. The molecular weight excluding hydrogens is 162 g/mol. The Morgan fingerprint density at radius 1 is 1.46 bits per heavy atom. The summed E-state index contributed by atoms with van der Waals surface area (Å²) in [5.74, 6) is 1.14. The highest BCUT2D eigenvalue weighted by Crippen LogP contribution is 2.56. The molecule has 0 heterocycles. The van der Waals surface area contributed by atoms with Gasteiger partial charge in [-0.3, -0.25) is 0 Å². The normalized spacial score (nSPS) is 35.0. The molecule has 0 radical (unpaired) electrons. The molecule has 0 aromatic carbocycles. The van der Waals surface area contributed by atoms with Gasteiger partial charge in [-0.25, -0.2) is 10.2 Å². The summed E-state index contributed by atoms with van der Waals surface area (Å²) < 4.78 is 0. The van der Waals surface area contributed by atoms with Crippen LogP contribution in [0.3, 0.4) is 0 Å². The highest BCUT2D eigenvalue weighted by atomic mass is 16.1. The minimum atomic E-state index is 0.750. The van der Waals surface area contributed by atoms with Crippen LogP contribution in [0.25, 0.3) is 0 Å². The average Bonchev–Trinajstić information content (AvgIpc) is 2.65. The van der Waals surface area contributed by atoms with Crippen LogP contribution >= 0.6 is 0 Å². The minimum Gasteiger partial charge on any atom is -0.222 e. The van der Waals surface area contributed by atoms with Gasteiger partial charge >= 0.3 is 0 Å². The van der Waals surface area contributed by atoms with Gasteiger partial charge in [-0.15, -0.1) is 0 Å². The molecule has 2 nitrogen and oxygen atoms in total. The highest BCUT2D eigenvalue weighted by molar-refractivity contribution is 5.26. The Hall–Kier alpha value is -0.620. The Balaban J connectivity index is 0.000000251. The summed E-state index contributed by atoms with van der Waals surface area (Å²) in [4.78, 5) is 8.35. The van der Waals surface area contributed by atoms with Crippen LogP contribution < -0.4 is 0 Å². The predicted molar refractivity (Wildman–Crippen MR) is 52.3 cm³/mol. The lowest BCUT2D eigenvalue weighted by molar-refractivity contribution is 0.268. The van der Waals surface area contributed by atoms with E-state index in [2.05, 4.69) is 6.92 Å². The summed E-state index contributed by atoms with van der Waals surface area (Å²) in [6.45, 7) is 2.33. The molecule has 0 aromatic rings. The van der Waals surface area contributed by atoms with Crippen LogP contribution in [0.15, 0.2) is 0 Å². The van der Waals surface area contributed by atoms with Crippen molar-refractivity contribution < 1.29 is 4.79 Å². The van der Waals surface area contributed by atoms with Crippen molar-refractivity contribution in [3.05, 3.63) is 0 Å². The summed E-state index contributed by atoms with van der Waals surface area (Å²) in [6, 6.07) is 0. The van der Waals surface area contributed by atoms with E-state index in [0.717, 1.165) is 17.4 Å². The maximum atomic E-state index is 8.35. The van der Waals surface area contributed by atoms with Gasteiger partial charge in [0.05, 0.1) is 0 Å². The predicted octanol–water partition coefficient (Wildman–Crippen LogP) is 3.27. The third kappa shape index (κ3) is 2.41. The van der Waals surface area contributed by atoms with Gasteiger partial charge in [0.2, 0.25) is 6.08 Å². The van der Waals surface area contributed by atoms with Gasteiger partial charge in [-0.05, 0) is 49.9 Å². The van der Waals surface area contributed by atoms with E-state index < -0.39 is 0 Å². The minimum absolute atomic E-state index is 0.750. The molecule has 0 aromatic heterocycles. The first-order chi connectivity index (χ1) is 6.26. The molecule has 2 heteroatoms. The van der Waals surface area contributed by atoms with Gasteiger partial charge in [-0.1, -0.05) is 13.3 Å². The molecule has 2 fully saturated rings. The first-order valence-corrected chi connectivity index (χ1v) is 5.30. The number of carbonyl (C=O) groups excluding carboxylic acids is 1. The van der Waals surface area contributed by atoms with Gasteiger partial charge in [0.25, 0.3) is 0 Å². The van der Waals surface area contributed by atoms with Crippen LogP contribution in [-0.2, 0) is 4.79 Å². The maximum absolute atomic E-state index is 8.35. The maximum Gasteiger partial charge on any atom is 0.231 e. The van der Waals surface area contributed by atoms with Crippen molar-refractivity contribution in [3.8, 4) is 0 Å². The van der Waals surface area contributed by atoms with Crippen LogP contribution in [0.5, 0.6) is 0 Å². The fourth-order valence-electron chi connectivity index (χ4n) is 3.19. The van der Waals surface area contributed by atoms with E-state index >= 15 is 0 Å². The fourth-order valence-corrected chi connectivity index (χ4v) is 3.19. The zero-order valence-corrected chi connectivity index (χ0v) is 8.44. The Labute approximate surface area is 80.2 Å². The van der Waals surface area contributed by atoms with Gasteiger partial charge in [0.15, 0.2) is 0 Å². The number of hydrogen-bond acceptors (Lipinski definition) is 2. The van der Waals surface area contributed by atoms with E-state index in [0.29, 0.717) is 0 Å². The van der Waals surface area contributed by atoms with Crippen LogP contribution in [0.2, 0.25) is 0 Å². The van der Waals surface area contributed by atoms with Crippen molar-refractivity contribution >= 4 is 6.08 Å². The van der Waals surface area contributed by atoms with E-state index in [1.165, 1.54) is 12.8 Å². The molecule has 0 amide bonds. The molecule has 0 aliphatic heterocycles. The summed E-state index contributed by atoms with van der Waals surface area (Å²) in [6.07, 6.45) is 11.5. The number of hydrogen-bond donors (Lipinski definition) is 1. The molecule has 0 unspecified atom stereocenters. The molecule has 13 heavy (non-hydrogen) atoms. The molecule has 74 valence electrons. The van der Waals surface area contributed by atoms with E-state index in [1.54, 1.807) is 32.1 Å². The number of isocyanates is 1. The van der Waals surface area contributed by atoms with Crippen molar-refractivity contribution in [2.75, 3.05) is 0 Å². The van der Waals surface area contributed by atoms with Crippen LogP contribution in [0.1, 0.15) is 51.9 Å². The first-order valence-electron chi connectivity index (χ1n) is 5.30. The van der Waals surface area contributed by atoms with Crippen LogP contribution in [0.4, 0.5) is 0 Å². The molecule has 1 N–H and O–H groups in total. The topological polar surface area (TPSA) is 40.9 Å². The van der Waals surface area contributed by atoms with Crippen molar-refractivity contribution in [2.45, 2.75) is 51.9 Å². The largest absolute Gasteiger partial charge is 0.231 e. The highest BCUT2D eigenvalue weighted by Gasteiger charge is 2.43. The van der Waals surface area contributed by atoms with Gasteiger partial charge in [0.1, 0.15) is 0 Å². The average molecular weight is 181 g/mol. The van der Waals surface area contributed by atoms with Crippen LogP contribution in [-0.4, -0.2) is 6.08 Å². The monoisotopic (exact) mass is 181 g/mol. The molecule has 0 atom stereocenters. The lowest BCUT2D eigenvalue weighted by Gasteiger charge is -2.25. The first kappa shape index (κ1) is 10.5. The summed E-state index contributed by atoms with van der Waals surface area (Å²) >= 11 is 0. The molecule has 2 saturated carbocycles. The molecular formula is C11H19NO. The van der Waals surface area contributed by atoms with Crippen molar-refractivity contribution in [1.29, 1.82) is 5.41 Å². The Morgan fingerprint density at radius 2 is 2.00 bits per heavy atom. The lowest BCUT2D eigenvalue weighted by atomic mass is 9.80. The second-order valence-corrected chi connectivity index (χ2v) is 4.50. The van der Waals surface area contributed by atoms with E-state index in [-0.39, 0.29) is 0 Å². The van der Waals surface area contributed by atoms with Crippen molar-refractivity contribution in [1.82, 2.24) is 0 Å². The van der Waals surface area contributed by atoms with Gasteiger partial charge in [-0.2, -0.15) is 0 Å². The Kier molecular flexibility index (Phi) is 3.68. The van der Waals surface area contributed by atoms with Crippen LogP contribution in [0, 0.1) is 16.7 Å². The molecule has 2 aliphatic rings. The number of fused-ring (bicyclic) bond motifs is 2. The van der Waals surface area contributed by atoms with Gasteiger partial charge < -0.3 is 0 Å². The second-order valence-electron chi connectivity index (χ2n) is 4.50. The molecule has 0 spiro atoms. The summed E-state index contributed by atoms with van der Waals surface area (Å²) in [7, 11) is 0. The molecule has 2 aliphatic carbocycles. The second kappa shape index (κ2) is 4.57. The Morgan fingerprint density at radius 3 is 2.31 bits per heavy atom. The third-order valence-corrected chi connectivity index (χ3v) is 3.67. The SMILES string of the molecule is CCCC12CCC(CC1)C2.N=C=O. The van der Waals surface area contributed by atoms with E-state index in [4.69, 9.17) is 10.2 Å². The van der Waals surface area contributed by atoms with E-state index in [9.17, 15) is 0 Å². The van der Waals surface area contributed by atoms with Crippen molar-refractivity contribution in [3.63, 3.8) is 0 Å². The quantitative estimate of drug-likeness (QED) is 0.515. The zero-order chi connectivity index (χ0) is 9.73. The summed E-state index contributed by atoms with van der Waals surface area (Å²) in [5, 5.41) is 5.40.